The summed E-state index contributed by atoms with van der Waals surface area (Å²) in [5.74, 6) is 1.44. The lowest BCUT2D eigenvalue weighted by atomic mass is 9.94. The van der Waals surface area contributed by atoms with Gasteiger partial charge in [-0.05, 0) is 205 Å². The van der Waals surface area contributed by atoms with E-state index in [1.54, 1.807) is 29.6 Å². The zero-order chi connectivity index (χ0) is 84.7. The van der Waals surface area contributed by atoms with Crippen LogP contribution in [0.2, 0.25) is 0 Å². The lowest BCUT2D eigenvalue weighted by Gasteiger charge is -2.36. The van der Waals surface area contributed by atoms with Gasteiger partial charge in [-0.15, -0.1) is 23.5 Å². The number of sulfonamides is 2. The van der Waals surface area contributed by atoms with E-state index in [0.717, 1.165) is 135 Å². The number of benzene rings is 13. The van der Waals surface area contributed by atoms with Gasteiger partial charge in [0.2, 0.25) is 0 Å². The summed E-state index contributed by atoms with van der Waals surface area (Å²) in [5.41, 5.74) is 10.6. The second-order valence-electron chi connectivity index (χ2n) is 31.3. The molecule has 0 saturated carbocycles. The lowest BCUT2D eigenvalue weighted by Crippen LogP contribution is -2.46. The van der Waals surface area contributed by atoms with Crippen LogP contribution < -0.4 is 29.9 Å². The molecule has 0 amide bonds. The normalized spacial score (nSPS) is 14.0. The van der Waals surface area contributed by atoms with E-state index in [1.165, 1.54) is 85.5 Å². The van der Waals surface area contributed by atoms with Crippen LogP contribution in [0.1, 0.15) is 24.0 Å². The molecule has 22 nitrogen and oxygen atoms in total. The number of nitrogens with zero attached hydrogens (tertiary/aromatic N) is 10. The minimum absolute atomic E-state index is 0.0952. The standard InChI is InChI=1S/C49H50N6O4S2.C47H48N8O4S2/c1-52(2)26-25-41(35-60-43-15-4-3-5-16-43)50-48-24-22-44(33-49(48)55(56)57)61(58,59)51-47-18-10-14-38-32-42(21-23-46(38)47)54-29-27-53(28-30-54)34-40-13-8-9-17-45(40)39-20-19-36-11-6-7-12-37(36)31-39;1-52(2)24-23-36(32-60-38-14-4-3-5-15-38)50-44-22-20-39(30-46(44)55(56)57)61(58,59)51-47-43-21-19-37(29-45(43)48-33-49-47)54-27-25-53(26-28-54)31-35-12-7-9-17-41(35)42-18-10-13-34-11-6-8-16-40(34)42/h3-24,31-33,41,50-51H,25-30,34-35H2,1-2H3;3-22,29-30,33,36,50H,23-28,31-32H2,1-2H3,(H,48,49,51)/t41-;36-/m11/s1. The first-order valence-electron chi connectivity index (χ1n) is 40.9. The molecule has 2 aliphatic rings. The van der Waals surface area contributed by atoms with E-state index in [1.807, 2.05) is 131 Å². The first kappa shape index (κ1) is 85.0. The Morgan fingerprint density at radius 1 is 0.410 bits per heavy atom. The summed E-state index contributed by atoms with van der Waals surface area (Å²) in [7, 11) is -0.507. The van der Waals surface area contributed by atoms with Crippen LogP contribution in [0.5, 0.6) is 0 Å². The van der Waals surface area contributed by atoms with Crippen LogP contribution in [0.15, 0.2) is 311 Å². The Labute approximate surface area is 721 Å². The Morgan fingerprint density at radius 2 is 0.885 bits per heavy atom. The molecule has 26 heteroatoms. The van der Waals surface area contributed by atoms with E-state index in [2.05, 4.69) is 199 Å². The highest BCUT2D eigenvalue weighted by Gasteiger charge is 2.29. The highest BCUT2D eigenvalue weighted by molar-refractivity contribution is 7.99. The zero-order valence-electron chi connectivity index (χ0n) is 68.6. The van der Waals surface area contributed by atoms with Gasteiger partial charge in [0.15, 0.2) is 5.82 Å². The average molecular weight is 1700 g/mol. The third kappa shape index (κ3) is 21.3. The SMILES string of the molecule is CN(C)CC[C@H](CSc1ccccc1)Nc1ccc(S(=O)(=O)Nc2cccc3cc(N4CCN(Cc5ccccc5-c5ccc6ccccc6c5)CC4)ccc23)cc1[N+](=O)[O-].CN(C)CC[C@H](CSc1ccccc1)Nc1ccc(S(=O)(=O)Nc2ncnc3cc(N4CCN(Cc5ccccc5-c5cccc6ccccc56)CC4)ccc23)cc1[N+](=O)[O-]. The molecule has 0 unspecified atom stereocenters. The van der Waals surface area contributed by atoms with E-state index >= 15 is 0 Å². The molecular formula is C96H98N14O8S4. The number of nitrogens with one attached hydrogen (secondary N) is 4. The fraction of sp³-hybridized carbons (Fsp3) is 0.229. The van der Waals surface area contributed by atoms with Crippen LogP contribution in [0.3, 0.4) is 0 Å². The summed E-state index contributed by atoms with van der Waals surface area (Å²) in [4.78, 5) is 48.0. The van der Waals surface area contributed by atoms with Gasteiger partial charge >= 0.3 is 0 Å². The second-order valence-corrected chi connectivity index (χ2v) is 36.8. The molecule has 1 aromatic heterocycles. The molecule has 2 atom stereocenters. The van der Waals surface area contributed by atoms with Crippen molar-refractivity contribution in [1.82, 2.24) is 29.6 Å². The van der Waals surface area contributed by atoms with Gasteiger partial charge in [0.1, 0.15) is 17.7 Å². The summed E-state index contributed by atoms with van der Waals surface area (Å²) in [6.07, 6.45) is 2.80. The van der Waals surface area contributed by atoms with Crippen molar-refractivity contribution in [2.45, 2.75) is 57.6 Å². The number of hydrogen-bond donors (Lipinski definition) is 4. The second kappa shape index (κ2) is 39.3. The minimum Gasteiger partial charge on any atom is -0.376 e. The minimum atomic E-state index is -4.27. The predicted molar refractivity (Wildman–Crippen MR) is 501 cm³/mol. The van der Waals surface area contributed by atoms with Gasteiger partial charge in [-0.3, -0.25) is 39.5 Å². The molecule has 0 aliphatic carbocycles. The van der Waals surface area contributed by atoms with Gasteiger partial charge in [0.25, 0.3) is 31.4 Å². The fourth-order valence-electron chi connectivity index (χ4n) is 15.8. The van der Waals surface area contributed by atoms with E-state index in [0.29, 0.717) is 28.1 Å². The lowest BCUT2D eigenvalue weighted by molar-refractivity contribution is -0.384. The molecule has 2 fully saturated rings. The molecular weight excluding hydrogens is 1610 g/mol. The Balaban J connectivity index is 0.000000190. The fourth-order valence-corrected chi connectivity index (χ4v) is 19.9. The predicted octanol–water partition coefficient (Wildman–Crippen LogP) is 19.2. The van der Waals surface area contributed by atoms with Crippen molar-refractivity contribution in [3.8, 4) is 22.3 Å². The topological polar surface area (TPSA) is 248 Å². The van der Waals surface area contributed by atoms with Crippen LogP contribution in [0, 0.1) is 20.2 Å². The van der Waals surface area contributed by atoms with E-state index < -0.39 is 29.9 Å². The molecule has 0 bridgehead atoms. The quantitative estimate of drug-likeness (QED) is 0.0174. The Bertz CT molecular complexity index is 6270. The number of hydrogen-bond acceptors (Lipinski definition) is 20. The van der Waals surface area contributed by atoms with Crippen LogP contribution in [-0.4, -0.2) is 173 Å². The van der Waals surface area contributed by atoms with Gasteiger partial charge in [0.05, 0.1) is 30.8 Å². The highest BCUT2D eigenvalue weighted by Crippen LogP contribution is 2.39. The maximum Gasteiger partial charge on any atom is 0.293 e. The summed E-state index contributed by atoms with van der Waals surface area (Å²) in [5, 5.41) is 38.5. The van der Waals surface area contributed by atoms with Crippen molar-refractivity contribution in [2.24, 2.45) is 0 Å². The Hall–Kier alpha value is -12.0. The van der Waals surface area contributed by atoms with E-state index in [9.17, 15) is 37.1 Å². The van der Waals surface area contributed by atoms with Gasteiger partial charge in [0, 0.05) is 133 Å². The maximum atomic E-state index is 13.8. The number of rotatable bonds is 32. The molecule has 13 aromatic carbocycles. The number of anilines is 6. The molecule has 14 aromatic rings. The van der Waals surface area contributed by atoms with Crippen LogP contribution in [0.25, 0.3) is 65.5 Å². The molecule has 3 heterocycles. The van der Waals surface area contributed by atoms with E-state index in [-0.39, 0.29) is 50.4 Å². The van der Waals surface area contributed by atoms with E-state index in [4.69, 9.17) is 0 Å². The van der Waals surface area contributed by atoms with Crippen LogP contribution >= 0.6 is 23.5 Å². The molecule has 2 saturated heterocycles. The first-order valence-corrected chi connectivity index (χ1v) is 45.8. The molecule has 624 valence electrons. The number of piperazine rings is 2. The maximum absolute atomic E-state index is 13.8. The van der Waals surface area contributed by atoms with Crippen LogP contribution in [0.4, 0.5) is 45.6 Å². The monoisotopic (exact) mass is 1700 g/mol. The number of aromatic nitrogens is 2. The number of nitro benzene ring substituents is 2. The van der Waals surface area contributed by atoms with Crippen molar-refractivity contribution in [2.75, 3.05) is 135 Å². The Morgan fingerprint density at radius 3 is 1.47 bits per heavy atom. The van der Waals surface area contributed by atoms with Gasteiger partial charge in [-0.25, -0.2) is 26.8 Å². The van der Waals surface area contributed by atoms with Crippen molar-refractivity contribution < 1.29 is 26.7 Å². The van der Waals surface area contributed by atoms with Gasteiger partial charge in [-0.1, -0.05) is 182 Å². The molecule has 4 N–H and O–H groups in total. The third-order valence-corrected chi connectivity index (χ3v) is 27.4. The number of thioether (sulfide) groups is 2. The first-order chi connectivity index (χ1) is 59.2. The molecule has 16 rings (SSSR count). The summed E-state index contributed by atoms with van der Waals surface area (Å²) in [6, 6.07) is 92.6. The summed E-state index contributed by atoms with van der Waals surface area (Å²) in [6.45, 7) is 10.2. The van der Waals surface area contributed by atoms with Crippen molar-refractivity contribution in [3.63, 3.8) is 0 Å². The smallest absolute Gasteiger partial charge is 0.293 e. The molecule has 122 heavy (non-hydrogen) atoms. The zero-order valence-corrected chi connectivity index (χ0v) is 71.8. The third-order valence-electron chi connectivity index (χ3n) is 22.3. The van der Waals surface area contributed by atoms with Gasteiger partial charge < -0.3 is 30.2 Å². The molecule has 2 aliphatic heterocycles. The van der Waals surface area contributed by atoms with Crippen molar-refractivity contribution in [1.29, 1.82) is 0 Å². The highest BCUT2D eigenvalue weighted by atomic mass is 32.2. The summed E-state index contributed by atoms with van der Waals surface area (Å²) < 4.78 is 60.6. The largest absolute Gasteiger partial charge is 0.376 e. The van der Waals surface area contributed by atoms with Crippen molar-refractivity contribution in [3.05, 3.63) is 323 Å². The van der Waals surface area contributed by atoms with Crippen molar-refractivity contribution >= 4 is 132 Å². The Kier molecular flexibility index (Phi) is 27.4. The van der Waals surface area contributed by atoms with Crippen LogP contribution in [-0.2, 0) is 33.1 Å². The number of nitro groups is 2. The molecule has 0 spiro atoms. The molecule has 0 radical (unpaired) electrons. The van der Waals surface area contributed by atoms with Gasteiger partial charge in [-0.2, -0.15) is 0 Å². The average Bonchev–Trinajstić information content (AvgIpc) is 0.790. The summed E-state index contributed by atoms with van der Waals surface area (Å²) >= 11 is 3.33. The number of fused-ring (bicyclic) bond motifs is 4.